The minimum atomic E-state index is -0.421. The Morgan fingerprint density at radius 1 is 1.50 bits per heavy atom. The molecule has 20 heavy (non-hydrogen) atoms. The molecule has 0 bridgehead atoms. The topological polar surface area (TPSA) is 48.5 Å². The van der Waals surface area contributed by atoms with Crippen LogP contribution < -0.4 is 0 Å². The maximum Gasteiger partial charge on any atom is 0.358 e. The van der Waals surface area contributed by atoms with Gasteiger partial charge in [0.25, 0.3) is 0 Å². The van der Waals surface area contributed by atoms with Crippen molar-refractivity contribution < 1.29 is 9.53 Å². The summed E-state index contributed by atoms with van der Waals surface area (Å²) in [6, 6.07) is 7.12. The van der Waals surface area contributed by atoms with Crippen molar-refractivity contribution >= 4 is 27.6 Å². The monoisotopic (exact) mass is 333 g/mol. The summed E-state index contributed by atoms with van der Waals surface area (Å²) in [5.41, 5.74) is 1.85. The molecule has 2 rings (SSSR count). The Bertz CT molecular complexity index is 673. The maximum absolute atomic E-state index is 11.5. The smallest absolute Gasteiger partial charge is 0.358 e. The number of benzene rings is 1. The van der Waals surface area contributed by atoms with Crippen molar-refractivity contribution in [3.05, 3.63) is 57.6 Å². The van der Waals surface area contributed by atoms with E-state index in [0.717, 1.165) is 10.0 Å². The third-order valence-electron chi connectivity index (χ3n) is 2.60. The largest absolute Gasteiger partial charge is 0.461 e. The van der Waals surface area contributed by atoms with Crippen LogP contribution in [0.2, 0.25) is 0 Å². The first-order chi connectivity index (χ1) is 9.63. The molecule has 0 saturated heterocycles. The van der Waals surface area contributed by atoms with Crippen molar-refractivity contribution in [2.75, 3.05) is 6.61 Å². The van der Waals surface area contributed by atoms with Crippen molar-refractivity contribution in [1.82, 2.24) is 9.78 Å². The van der Waals surface area contributed by atoms with E-state index in [0.29, 0.717) is 24.5 Å². The second-order valence-electron chi connectivity index (χ2n) is 4.02. The van der Waals surface area contributed by atoms with E-state index in [1.165, 1.54) is 0 Å². The van der Waals surface area contributed by atoms with Crippen LogP contribution >= 0.6 is 15.9 Å². The van der Waals surface area contributed by atoms with Crippen LogP contribution in [-0.4, -0.2) is 22.4 Å². The number of hydrogen-bond acceptors (Lipinski definition) is 3. The van der Waals surface area contributed by atoms with Gasteiger partial charge < -0.3 is 4.74 Å². The molecule has 1 heterocycles. The predicted octanol–water partition coefficient (Wildman–Crippen LogP) is 3.42. The summed E-state index contributed by atoms with van der Waals surface area (Å²) in [5, 5.41) is 4.16. The van der Waals surface area contributed by atoms with Gasteiger partial charge in [0, 0.05) is 10.7 Å². The van der Waals surface area contributed by atoms with Crippen LogP contribution in [0.1, 0.15) is 23.0 Å². The van der Waals surface area contributed by atoms with Crippen LogP contribution in [-0.2, 0) is 11.3 Å². The molecule has 0 aliphatic carbocycles. The summed E-state index contributed by atoms with van der Waals surface area (Å²) < 4.78 is 7.30. The van der Waals surface area contributed by atoms with Crippen molar-refractivity contribution in [2.24, 2.45) is 0 Å². The molecule has 1 aromatic carbocycles. The lowest BCUT2D eigenvalue weighted by Gasteiger charge is -2.04. The molecule has 0 N–H and O–H groups in total. The van der Waals surface area contributed by atoms with Gasteiger partial charge in [-0.25, -0.2) is 9.64 Å². The summed E-state index contributed by atoms with van der Waals surface area (Å²) in [6.45, 7) is 9.60. The van der Waals surface area contributed by atoms with E-state index in [1.54, 1.807) is 29.9 Å². The van der Waals surface area contributed by atoms with Crippen LogP contribution in [0.15, 0.2) is 34.9 Å². The van der Waals surface area contributed by atoms with Crippen molar-refractivity contribution in [3.63, 3.8) is 0 Å². The molecule has 0 atom stereocenters. The second-order valence-corrected chi connectivity index (χ2v) is 4.87. The molecule has 0 fully saturated rings. The molecule has 0 amide bonds. The molecule has 0 spiro atoms. The number of hydrogen-bond donors (Lipinski definition) is 0. The predicted molar refractivity (Wildman–Crippen MR) is 77.7 cm³/mol. The molecule has 0 unspecified atom stereocenters. The Labute approximate surface area is 125 Å². The van der Waals surface area contributed by atoms with Crippen molar-refractivity contribution in [1.29, 1.82) is 0 Å². The number of carbonyl (C=O) groups excluding carboxylic acids is 1. The highest BCUT2D eigenvalue weighted by Crippen LogP contribution is 2.26. The van der Waals surface area contributed by atoms with Gasteiger partial charge in [0.1, 0.15) is 0 Å². The summed E-state index contributed by atoms with van der Waals surface area (Å²) >= 11 is 3.35. The van der Waals surface area contributed by atoms with Gasteiger partial charge in [-0.15, -0.1) is 0 Å². The van der Waals surface area contributed by atoms with Gasteiger partial charge in [0.2, 0.25) is 5.69 Å². The average Bonchev–Trinajstić information content (AvgIpc) is 2.88. The zero-order valence-corrected chi connectivity index (χ0v) is 12.4. The minimum absolute atomic E-state index is 0.295. The van der Waals surface area contributed by atoms with Crippen molar-refractivity contribution in [2.45, 2.75) is 13.5 Å². The van der Waals surface area contributed by atoms with E-state index >= 15 is 0 Å². The molecule has 102 valence electrons. The zero-order valence-electron chi connectivity index (χ0n) is 10.8. The SMILES string of the molecule is [C-]#[N+]c1ccc(Cn2ccc(C(=O)OCC)n2)cc1Br. The Balaban J connectivity index is 2.13. The van der Waals surface area contributed by atoms with Crippen molar-refractivity contribution in [3.8, 4) is 0 Å². The van der Waals surface area contributed by atoms with Gasteiger partial charge in [0.05, 0.1) is 19.7 Å². The first kappa shape index (κ1) is 14.3. The van der Waals surface area contributed by atoms with E-state index in [9.17, 15) is 4.79 Å². The Morgan fingerprint density at radius 2 is 2.30 bits per heavy atom. The molecule has 0 radical (unpaired) electrons. The van der Waals surface area contributed by atoms with Gasteiger partial charge in [-0.3, -0.25) is 4.68 Å². The third kappa shape index (κ3) is 3.25. The molecule has 6 heteroatoms. The van der Waals surface area contributed by atoms with E-state index in [-0.39, 0.29) is 0 Å². The maximum atomic E-state index is 11.5. The number of carbonyl (C=O) groups is 1. The minimum Gasteiger partial charge on any atom is -0.461 e. The second kappa shape index (κ2) is 6.35. The van der Waals surface area contributed by atoms with Crippen LogP contribution in [0.3, 0.4) is 0 Å². The Morgan fingerprint density at radius 3 is 2.95 bits per heavy atom. The van der Waals surface area contributed by atoms with Gasteiger partial charge in [0.15, 0.2) is 5.69 Å². The molecular formula is C14H12BrN3O2. The number of aromatic nitrogens is 2. The fraction of sp³-hybridized carbons (Fsp3) is 0.214. The van der Waals surface area contributed by atoms with Gasteiger partial charge >= 0.3 is 5.97 Å². The standard InChI is InChI=1S/C14H12BrN3O2/c1-3-20-14(19)13-6-7-18(17-13)9-10-4-5-12(16-2)11(15)8-10/h4-8H,3,9H2,1H3. The molecule has 1 aromatic heterocycles. The first-order valence-corrected chi connectivity index (χ1v) is 6.79. The Kier molecular flexibility index (Phi) is 4.53. The first-order valence-electron chi connectivity index (χ1n) is 6.00. The fourth-order valence-corrected chi connectivity index (χ4v) is 2.20. The molecule has 0 saturated carbocycles. The molecule has 0 aliphatic rings. The molecule has 0 aliphatic heterocycles. The summed E-state index contributed by atoms with van der Waals surface area (Å²) in [6.07, 6.45) is 1.73. The molecule has 5 nitrogen and oxygen atoms in total. The number of halogens is 1. The highest BCUT2D eigenvalue weighted by Gasteiger charge is 2.10. The van der Waals surface area contributed by atoms with Gasteiger partial charge in [-0.2, -0.15) is 5.10 Å². The van der Waals surface area contributed by atoms with Crippen LogP contribution in [0.5, 0.6) is 0 Å². The van der Waals surface area contributed by atoms with Crippen LogP contribution in [0.4, 0.5) is 5.69 Å². The van der Waals surface area contributed by atoms with E-state index in [1.807, 2.05) is 12.1 Å². The number of rotatable bonds is 4. The lowest BCUT2D eigenvalue weighted by atomic mass is 10.2. The van der Waals surface area contributed by atoms with Crippen LogP contribution in [0.25, 0.3) is 4.85 Å². The van der Waals surface area contributed by atoms with Crippen LogP contribution in [0, 0.1) is 6.57 Å². The zero-order chi connectivity index (χ0) is 14.5. The summed E-state index contributed by atoms with van der Waals surface area (Å²) in [5.74, 6) is -0.421. The summed E-state index contributed by atoms with van der Waals surface area (Å²) in [4.78, 5) is 14.9. The quantitative estimate of drug-likeness (QED) is 0.636. The average molecular weight is 334 g/mol. The molecular weight excluding hydrogens is 322 g/mol. The number of ether oxygens (including phenoxy) is 1. The number of nitrogens with zero attached hydrogens (tertiary/aromatic N) is 3. The highest BCUT2D eigenvalue weighted by molar-refractivity contribution is 9.10. The van der Waals surface area contributed by atoms with Gasteiger partial charge in [-0.1, -0.05) is 34.1 Å². The molecule has 2 aromatic rings. The van der Waals surface area contributed by atoms with Gasteiger partial charge in [-0.05, 0) is 18.6 Å². The fourth-order valence-electron chi connectivity index (χ4n) is 1.69. The lowest BCUT2D eigenvalue weighted by Crippen LogP contribution is -2.07. The third-order valence-corrected chi connectivity index (χ3v) is 3.24. The summed E-state index contributed by atoms with van der Waals surface area (Å²) in [7, 11) is 0. The lowest BCUT2D eigenvalue weighted by molar-refractivity contribution is 0.0518. The van der Waals surface area contributed by atoms with E-state index in [2.05, 4.69) is 25.9 Å². The highest BCUT2D eigenvalue weighted by atomic mass is 79.9. The number of esters is 1. The van der Waals surface area contributed by atoms with E-state index < -0.39 is 5.97 Å². The van der Waals surface area contributed by atoms with E-state index in [4.69, 9.17) is 11.3 Å². The normalized spacial score (nSPS) is 10.1. The Hall–Kier alpha value is -2.13.